The van der Waals surface area contributed by atoms with E-state index in [9.17, 15) is 18.0 Å². The average molecular weight is 535 g/mol. The van der Waals surface area contributed by atoms with Gasteiger partial charge >= 0.3 is 11.9 Å². The van der Waals surface area contributed by atoms with Crippen molar-refractivity contribution in [1.29, 1.82) is 0 Å². The zero-order valence-electron chi connectivity index (χ0n) is 22.3. The summed E-state index contributed by atoms with van der Waals surface area (Å²) in [6, 6.07) is 1.18. The Kier molecular flexibility index (Phi) is 7.35. The predicted octanol–water partition coefficient (Wildman–Crippen LogP) is 4.48. The smallest absolute Gasteiger partial charge is 0.299 e. The van der Waals surface area contributed by atoms with E-state index in [0.717, 1.165) is 58.3 Å². The molecule has 0 spiro atoms. The molecule has 0 radical (unpaired) electrons. The molecule has 2 aliphatic heterocycles. The van der Waals surface area contributed by atoms with Crippen LogP contribution in [0.2, 0.25) is 0 Å². The van der Waals surface area contributed by atoms with Gasteiger partial charge in [-0.05, 0) is 74.0 Å². The number of nitrogens with zero attached hydrogens (tertiary/aromatic N) is 3. The third kappa shape index (κ3) is 5.17. The largest absolute Gasteiger partial charge is 0.418 e. The zero-order valence-corrected chi connectivity index (χ0v) is 22.3. The lowest BCUT2D eigenvalue weighted by Gasteiger charge is -2.44. The summed E-state index contributed by atoms with van der Waals surface area (Å²) in [6.07, 6.45) is 8.50. The van der Waals surface area contributed by atoms with Crippen molar-refractivity contribution in [3.05, 3.63) is 40.1 Å². The summed E-state index contributed by atoms with van der Waals surface area (Å²) < 4.78 is 45.6. The van der Waals surface area contributed by atoms with Crippen LogP contribution in [0.5, 0.6) is 0 Å². The van der Waals surface area contributed by atoms with Gasteiger partial charge in [-0.25, -0.2) is 15.6 Å². The second kappa shape index (κ2) is 10.6. The van der Waals surface area contributed by atoms with E-state index in [0.29, 0.717) is 35.8 Å². The van der Waals surface area contributed by atoms with Crippen molar-refractivity contribution in [1.82, 2.24) is 30.0 Å². The number of nitrogens with one attached hydrogen (secondary N) is 3. The Morgan fingerprint density at radius 2 is 1.84 bits per heavy atom. The van der Waals surface area contributed by atoms with Crippen molar-refractivity contribution in [2.45, 2.75) is 89.6 Å². The van der Waals surface area contributed by atoms with Gasteiger partial charge < -0.3 is 0 Å². The van der Waals surface area contributed by atoms with E-state index < -0.39 is 11.7 Å². The van der Waals surface area contributed by atoms with Crippen LogP contribution in [0.25, 0.3) is 5.52 Å². The number of piperidine rings is 1. The van der Waals surface area contributed by atoms with Crippen LogP contribution in [-0.4, -0.2) is 39.8 Å². The minimum atomic E-state index is -4.52. The molecule has 4 heterocycles. The van der Waals surface area contributed by atoms with Gasteiger partial charge in [-0.15, -0.1) is 0 Å². The normalized spacial score (nSPS) is 30.5. The van der Waals surface area contributed by atoms with Crippen LogP contribution in [0.4, 0.5) is 13.2 Å². The van der Waals surface area contributed by atoms with E-state index in [1.54, 1.807) is 10.8 Å². The minimum Gasteiger partial charge on any atom is -0.299 e. The van der Waals surface area contributed by atoms with Crippen molar-refractivity contribution in [2.75, 3.05) is 19.8 Å². The van der Waals surface area contributed by atoms with Gasteiger partial charge in [-0.3, -0.25) is 19.2 Å². The Hall–Kier alpha value is -1.88. The molecule has 38 heavy (non-hydrogen) atoms. The number of halogens is 3. The maximum absolute atomic E-state index is 14.2. The number of fused-ring (bicyclic) bond motifs is 1. The number of aromatic nitrogens is 2. The second-order valence-electron chi connectivity index (χ2n) is 12.3. The molecule has 2 saturated carbocycles. The van der Waals surface area contributed by atoms with Crippen LogP contribution in [0.1, 0.15) is 81.9 Å². The number of pyridine rings is 1. The molecule has 10 heteroatoms. The number of likely N-dealkylation sites (tertiary alicyclic amines) is 1. The summed E-state index contributed by atoms with van der Waals surface area (Å²) >= 11 is 0. The average Bonchev–Trinajstić information content (AvgIpc) is 3.49. The first-order chi connectivity index (χ1) is 18.3. The van der Waals surface area contributed by atoms with E-state index in [1.165, 1.54) is 35.9 Å². The predicted molar refractivity (Wildman–Crippen MR) is 140 cm³/mol. The molecule has 0 bridgehead atoms. The molecule has 2 aromatic rings. The van der Waals surface area contributed by atoms with Crippen molar-refractivity contribution < 1.29 is 13.2 Å². The Bertz CT molecular complexity index is 1180. The number of hydrogen-bond acceptors (Lipinski definition) is 5. The fourth-order valence-corrected chi connectivity index (χ4v) is 7.69. The molecule has 0 amide bonds. The first kappa shape index (κ1) is 26.3. The fourth-order valence-electron chi connectivity index (χ4n) is 7.69. The summed E-state index contributed by atoms with van der Waals surface area (Å²) in [5.74, 6) is 2.08. The molecule has 4 aliphatic rings. The van der Waals surface area contributed by atoms with Gasteiger partial charge in [0.2, 0.25) is 0 Å². The van der Waals surface area contributed by atoms with Crippen LogP contribution in [-0.2, 0) is 12.7 Å². The van der Waals surface area contributed by atoms with E-state index in [2.05, 4.69) is 28.0 Å². The Labute approximate surface area is 222 Å². The Morgan fingerprint density at radius 1 is 1.05 bits per heavy atom. The first-order valence-corrected chi connectivity index (χ1v) is 14.6. The van der Waals surface area contributed by atoms with Gasteiger partial charge in [0, 0.05) is 31.5 Å². The van der Waals surface area contributed by atoms with Crippen molar-refractivity contribution in [3.8, 4) is 0 Å². The highest BCUT2D eigenvalue weighted by Crippen LogP contribution is 2.46. The van der Waals surface area contributed by atoms with Gasteiger partial charge in [0.15, 0.2) is 0 Å². The number of imidazole rings is 1. The topological polar surface area (TPSA) is 65.7 Å². The molecular weight excluding hydrogens is 493 g/mol. The Morgan fingerprint density at radius 3 is 2.53 bits per heavy atom. The molecule has 4 fully saturated rings. The lowest BCUT2D eigenvalue weighted by Crippen LogP contribution is -2.49. The monoisotopic (exact) mass is 534 g/mol. The van der Waals surface area contributed by atoms with Crippen molar-refractivity contribution in [2.24, 2.45) is 23.7 Å². The van der Waals surface area contributed by atoms with Gasteiger partial charge in [0.25, 0.3) is 0 Å². The second-order valence-corrected chi connectivity index (χ2v) is 12.3. The molecule has 2 aromatic heterocycles. The van der Waals surface area contributed by atoms with Gasteiger partial charge in [0.05, 0.1) is 23.9 Å². The number of rotatable bonds is 6. The van der Waals surface area contributed by atoms with Gasteiger partial charge in [0.1, 0.15) is 0 Å². The van der Waals surface area contributed by atoms with Crippen LogP contribution in [0.3, 0.4) is 0 Å². The quantitative estimate of drug-likeness (QED) is 0.510. The van der Waals surface area contributed by atoms with Crippen LogP contribution >= 0.6 is 0 Å². The third-order valence-corrected chi connectivity index (χ3v) is 9.67. The summed E-state index contributed by atoms with van der Waals surface area (Å²) in [5.41, 5.74) is 6.06. The van der Waals surface area contributed by atoms with E-state index in [1.807, 2.05) is 0 Å². The highest BCUT2D eigenvalue weighted by Gasteiger charge is 2.42. The van der Waals surface area contributed by atoms with Gasteiger partial charge in [-0.1, -0.05) is 32.6 Å². The molecule has 6 rings (SSSR count). The number of hydrazine groups is 1. The molecule has 2 aliphatic carbocycles. The number of hydrogen-bond donors (Lipinski definition) is 3. The standard InChI is InChI=1S/C28H41F3N6O/c1-18-5-4-10-35(13-18)14-19-11-23(28(29,30)31)24-16-36(27(38)37(24)15-19)22-9-3-8-21(12-22)25(20-6-2-7-20)26-32-17-33-34-26/h11,15-16,18,20-22,25-26,32-34H,2-10,12-14,17H2,1H3/t18-,21?,22?,25+,26?/m0/s1. The maximum Gasteiger partial charge on any atom is 0.418 e. The van der Waals surface area contributed by atoms with Crippen LogP contribution < -0.4 is 21.9 Å². The molecule has 3 unspecified atom stereocenters. The summed E-state index contributed by atoms with van der Waals surface area (Å²) in [6.45, 7) is 5.11. The van der Waals surface area contributed by atoms with Crippen LogP contribution in [0, 0.1) is 23.7 Å². The number of alkyl halides is 3. The van der Waals surface area contributed by atoms with Crippen molar-refractivity contribution in [3.63, 3.8) is 0 Å². The minimum absolute atomic E-state index is 0.0285. The van der Waals surface area contributed by atoms with Crippen molar-refractivity contribution >= 4 is 5.52 Å². The molecular formula is C28H41F3N6O. The SMILES string of the molecule is C[C@H]1CCCN(Cc2cc(C(F)(F)F)c3cn(C4CCCC([C@@H](C5CCC5)C5NCNN5)C4)c(=O)n3c2)C1. The fraction of sp³-hybridized carbons (Fsp3) is 0.750. The Balaban J connectivity index is 1.30. The third-order valence-electron chi connectivity index (χ3n) is 9.67. The molecule has 0 aromatic carbocycles. The lowest BCUT2D eigenvalue weighted by molar-refractivity contribution is -0.136. The van der Waals surface area contributed by atoms with Crippen LogP contribution in [0.15, 0.2) is 23.3 Å². The molecule has 3 N–H and O–H groups in total. The molecule has 2 saturated heterocycles. The van der Waals surface area contributed by atoms with E-state index in [4.69, 9.17) is 0 Å². The first-order valence-electron chi connectivity index (χ1n) is 14.6. The summed E-state index contributed by atoms with van der Waals surface area (Å²) in [7, 11) is 0. The van der Waals surface area contributed by atoms with E-state index >= 15 is 0 Å². The van der Waals surface area contributed by atoms with Gasteiger partial charge in [-0.2, -0.15) is 13.2 Å². The van der Waals surface area contributed by atoms with E-state index in [-0.39, 0.29) is 23.4 Å². The molecule has 210 valence electrons. The lowest BCUT2D eigenvalue weighted by atomic mass is 9.65. The zero-order chi connectivity index (χ0) is 26.4. The molecule has 7 nitrogen and oxygen atoms in total. The maximum atomic E-state index is 14.2. The summed E-state index contributed by atoms with van der Waals surface area (Å²) in [5, 5.41) is 3.53. The summed E-state index contributed by atoms with van der Waals surface area (Å²) in [4.78, 5) is 15.9. The highest BCUT2D eigenvalue weighted by atomic mass is 19.4. The molecule has 5 atom stereocenters. The highest BCUT2D eigenvalue weighted by molar-refractivity contribution is 5.56.